The average molecular weight is 228 g/mol. The summed E-state index contributed by atoms with van der Waals surface area (Å²) in [5, 5.41) is 9.66. The molecule has 2 fully saturated rings. The third-order valence-corrected chi connectivity index (χ3v) is 3.49. The Balaban J connectivity index is 1.93. The molecule has 3 N–H and O–H groups in total. The highest BCUT2D eigenvalue weighted by atomic mass is 16.5. The van der Waals surface area contributed by atoms with Gasteiger partial charge in [0.2, 0.25) is 5.91 Å². The molecule has 2 saturated heterocycles. The molecule has 2 atom stereocenters. The number of rotatable bonds is 2. The van der Waals surface area contributed by atoms with Crippen molar-refractivity contribution in [3.05, 3.63) is 0 Å². The van der Waals surface area contributed by atoms with Gasteiger partial charge in [0.15, 0.2) is 0 Å². The molecule has 0 unspecified atom stereocenters. The summed E-state index contributed by atoms with van der Waals surface area (Å²) < 4.78 is 5.77. The minimum Gasteiger partial charge on any atom is -0.393 e. The molecule has 5 nitrogen and oxygen atoms in total. The van der Waals surface area contributed by atoms with E-state index in [0.29, 0.717) is 39.0 Å². The summed E-state index contributed by atoms with van der Waals surface area (Å²) in [4.78, 5) is 13.5. The predicted octanol–water partition coefficient (Wildman–Crippen LogP) is -0.522. The lowest BCUT2D eigenvalue weighted by molar-refractivity contribution is -0.135. The van der Waals surface area contributed by atoms with E-state index in [1.54, 1.807) is 0 Å². The molecular weight excluding hydrogens is 208 g/mol. The van der Waals surface area contributed by atoms with Crippen LogP contribution in [0.5, 0.6) is 0 Å². The van der Waals surface area contributed by atoms with Crippen molar-refractivity contribution in [2.75, 3.05) is 26.2 Å². The number of nitrogens with zero attached hydrogens (tertiary/aromatic N) is 1. The second kappa shape index (κ2) is 4.69. The third-order valence-electron chi connectivity index (χ3n) is 3.49. The lowest BCUT2D eigenvalue weighted by Crippen LogP contribution is -2.45. The zero-order valence-corrected chi connectivity index (χ0v) is 9.52. The van der Waals surface area contributed by atoms with Gasteiger partial charge in [-0.1, -0.05) is 0 Å². The van der Waals surface area contributed by atoms with Crippen LogP contribution in [0, 0.1) is 0 Å². The number of nitrogens with two attached hydrogens (primary N) is 1. The van der Waals surface area contributed by atoms with Crippen molar-refractivity contribution in [1.29, 1.82) is 0 Å². The van der Waals surface area contributed by atoms with E-state index in [-0.39, 0.29) is 17.6 Å². The molecule has 0 aliphatic carbocycles. The monoisotopic (exact) mass is 228 g/mol. The Morgan fingerprint density at radius 3 is 3.12 bits per heavy atom. The number of amides is 1. The zero-order chi connectivity index (χ0) is 11.6. The Labute approximate surface area is 95.5 Å². The van der Waals surface area contributed by atoms with E-state index in [1.165, 1.54) is 0 Å². The van der Waals surface area contributed by atoms with Crippen LogP contribution < -0.4 is 5.73 Å². The summed E-state index contributed by atoms with van der Waals surface area (Å²) in [5.74, 6) is 0.100. The van der Waals surface area contributed by atoms with E-state index in [2.05, 4.69) is 0 Å². The number of carbonyl (C=O) groups excluding carboxylic acids is 1. The minimum atomic E-state index is -0.290. The van der Waals surface area contributed by atoms with Crippen LogP contribution in [0.2, 0.25) is 0 Å². The Morgan fingerprint density at radius 1 is 1.62 bits per heavy atom. The molecule has 1 spiro atoms. The highest BCUT2D eigenvalue weighted by Gasteiger charge is 2.43. The number of likely N-dealkylation sites (tertiary alicyclic amines) is 1. The molecule has 0 bridgehead atoms. The Kier molecular flexibility index (Phi) is 3.47. The highest BCUT2D eigenvalue weighted by Crippen LogP contribution is 2.34. The van der Waals surface area contributed by atoms with Crippen molar-refractivity contribution in [3.63, 3.8) is 0 Å². The van der Waals surface area contributed by atoms with Crippen molar-refractivity contribution in [1.82, 2.24) is 4.90 Å². The first-order valence-electron chi connectivity index (χ1n) is 5.95. The molecule has 0 saturated carbocycles. The summed E-state index contributed by atoms with van der Waals surface area (Å²) in [7, 11) is 0. The summed E-state index contributed by atoms with van der Waals surface area (Å²) in [6.07, 6.45) is 2.31. The van der Waals surface area contributed by atoms with E-state index >= 15 is 0 Å². The molecule has 92 valence electrons. The number of hydrogen-bond acceptors (Lipinski definition) is 4. The van der Waals surface area contributed by atoms with Gasteiger partial charge in [0.1, 0.15) is 0 Å². The number of carbonyl (C=O) groups is 1. The smallest absolute Gasteiger partial charge is 0.223 e. The van der Waals surface area contributed by atoms with Crippen molar-refractivity contribution in [3.8, 4) is 0 Å². The van der Waals surface area contributed by atoms with E-state index in [1.807, 2.05) is 4.90 Å². The molecule has 2 rings (SSSR count). The van der Waals surface area contributed by atoms with Crippen molar-refractivity contribution >= 4 is 5.91 Å². The molecule has 2 aliphatic rings. The molecule has 0 aromatic carbocycles. The molecule has 2 aliphatic heterocycles. The standard InChI is InChI=1S/C11H20N2O3/c12-4-1-10(15)13-5-3-11(8-13)7-9(14)2-6-16-11/h9,14H,1-8,12H2/t9-,11+/m0/s1. The molecule has 2 heterocycles. The topological polar surface area (TPSA) is 75.8 Å². The number of hydrogen-bond donors (Lipinski definition) is 2. The molecule has 16 heavy (non-hydrogen) atoms. The first-order chi connectivity index (χ1) is 7.65. The fraction of sp³-hybridized carbons (Fsp3) is 0.909. The lowest BCUT2D eigenvalue weighted by atomic mass is 9.91. The minimum absolute atomic E-state index is 0.100. The number of aliphatic hydroxyl groups excluding tert-OH is 1. The summed E-state index contributed by atoms with van der Waals surface area (Å²) >= 11 is 0. The largest absolute Gasteiger partial charge is 0.393 e. The summed E-state index contributed by atoms with van der Waals surface area (Å²) in [5.41, 5.74) is 5.08. The van der Waals surface area contributed by atoms with Gasteiger partial charge >= 0.3 is 0 Å². The molecule has 0 aromatic rings. The Hall–Kier alpha value is -0.650. The van der Waals surface area contributed by atoms with Crippen molar-refractivity contribution < 1.29 is 14.6 Å². The van der Waals surface area contributed by atoms with Crippen LogP contribution in [0.15, 0.2) is 0 Å². The van der Waals surface area contributed by atoms with Gasteiger partial charge in [0.25, 0.3) is 0 Å². The molecule has 1 amide bonds. The Bertz CT molecular complexity index is 272. The normalized spacial score (nSPS) is 34.6. The van der Waals surface area contributed by atoms with Crippen LogP contribution in [0.25, 0.3) is 0 Å². The third kappa shape index (κ3) is 2.36. The quantitative estimate of drug-likeness (QED) is 0.666. The van der Waals surface area contributed by atoms with Gasteiger partial charge in [-0.25, -0.2) is 0 Å². The van der Waals surface area contributed by atoms with Crippen LogP contribution in [-0.4, -0.2) is 53.9 Å². The maximum Gasteiger partial charge on any atom is 0.223 e. The fourth-order valence-electron chi connectivity index (χ4n) is 2.63. The maximum atomic E-state index is 11.7. The zero-order valence-electron chi connectivity index (χ0n) is 9.52. The van der Waals surface area contributed by atoms with Crippen LogP contribution in [0.1, 0.15) is 25.7 Å². The highest BCUT2D eigenvalue weighted by molar-refractivity contribution is 5.76. The maximum absolute atomic E-state index is 11.7. The van der Waals surface area contributed by atoms with Gasteiger partial charge < -0.3 is 20.5 Å². The van der Waals surface area contributed by atoms with Crippen molar-refractivity contribution in [2.24, 2.45) is 5.73 Å². The van der Waals surface area contributed by atoms with Crippen LogP contribution in [-0.2, 0) is 9.53 Å². The van der Waals surface area contributed by atoms with E-state index in [4.69, 9.17) is 10.5 Å². The fourth-order valence-corrected chi connectivity index (χ4v) is 2.63. The number of aliphatic hydroxyl groups is 1. The van der Waals surface area contributed by atoms with E-state index < -0.39 is 0 Å². The van der Waals surface area contributed by atoms with Gasteiger partial charge in [-0.05, 0) is 12.8 Å². The van der Waals surface area contributed by atoms with Crippen LogP contribution >= 0.6 is 0 Å². The van der Waals surface area contributed by atoms with Gasteiger partial charge in [-0.3, -0.25) is 4.79 Å². The van der Waals surface area contributed by atoms with Gasteiger partial charge in [0.05, 0.1) is 11.7 Å². The van der Waals surface area contributed by atoms with Gasteiger partial charge in [-0.15, -0.1) is 0 Å². The molecule has 5 heteroatoms. The summed E-state index contributed by atoms with van der Waals surface area (Å²) in [6.45, 7) is 2.33. The van der Waals surface area contributed by atoms with Crippen LogP contribution in [0.4, 0.5) is 0 Å². The molecular formula is C11H20N2O3. The SMILES string of the molecule is NCCC(=O)N1CC[C@@]2(C[C@@H](O)CCO2)C1. The second-order valence-electron chi connectivity index (χ2n) is 4.78. The van der Waals surface area contributed by atoms with Gasteiger partial charge in [0, 0.05) is 39.1 Å². The first-order valence-corrected chi connectivity index (χ1v) is 5.95. The first kappa shape index (κ1) is 11.8. The van der Waals surface area contributed by atoms with Gasteiger partial charge in [-0.2, -0.15) is 0 Å². The number of ether oxygens (including phenoxy) is 1. The second-order valence-corrected chi connectivity index (χ2v) is 4.78. The van der Waals surface area contributed by atoms with E-state index in [9.17, 15) is 9.90 Å². The molecule has 0 aromatic heterocycles. The Morgan fingerprint density at radius 2 is 2.44 bits per heavy atom. The average Bonchev–Trinajstić information content (AvgIpc) is 2.62. The van der Waals surface area contributed by atoms with Crippen molar-refractivity contribution in [2.45, 2.75) is 37.4 Å². The molecule has 0 radical (unpaired) electrons. The van der Waals surface area contributed by atoms with Crippen LogP contribution in [0.3, 0.4) is 0 Å². The summed E-state index contributed by atoms with van der Waals surface area (Å²) in [6, 6.07) is 0. The lowest BCUT2D eigenvalue weighted by Gasteiger charge is -2.36. The predicted molar refractivity (Wildman–Crippen MR) is 58.8 cm³/mol. The van der Waals surface area contributed by atoms with E-state index in [0.717, 1.165) is 13.0 Å².